The van der Waals surface area contributed by atoms with Crippen LogP contribution in [0, 0.1) is 0 Å². The Hall–Kier alpha value is -0.660. The van der Waals surface area contributed by atoms with Crippen LogP contribution in [-0.4, -0.2) is 56.7 Å². The van der Waals surface area contributed by atoms with Crippen LogP contribution in [0.1, 0.15) is 20.3 Å². The highest BCUT2D eigenvalue weighted by atomic mass is 32.2. The van der Waals surface area contributed by atoms with E-state index in [-0.39, 0.29) is 6.04 Å². The molecule has 17 heavy (non-hydrogen) atoms. The van der Waals surface area contributed by atoms with E-state index >= 15 is 0 Å². The molecule has 0 bridgehead atoms. The van der Waals surface area contributed by atoms with E-state index in [4.69, 9.17) is 0 Å². The summed E-state index contributed by atoms with van der Waals surface area (Å²) in [6.45, 7) is 4.96. The van der Waals surface area contributed by atoms with Crippen LogP contribution in [0.5, 0.6) is 0 Å². The molecule has 0 spiro atoms. The number of carbonyl (C=O) groups excluding carboxylic acids is 1. The zero-order valence-electron chi connectivity index (χ0n) is 10.5. The van der Waals surface area contributed by atoms with E-state index in [2.05, 4.69) is 10.1 Å². The van der Waals surface area contributed by atoms with Gasteiger partial charge in [0.25, 0.3) is 0 Å². The maximum atomic E-state index is 12.2. The summed E-state index contributed by atoms with van der Waals surface area (Å²) in [6.07, 6.45) is 0.779. The molecule has 1 fully saturated rings. The summed E-state index contributed by atoms with van der Waals surface area (Å²) in [6, 6.07) is -0.0582. The molecule has 1 aliphatic heterocycles. The number of rotatable bonds is 5. The lowest BCUT2D eigenvalue weighted by Crippen LogP contribution is -2.47. The number of esters is 1. The second-order valence-electron chi connectivity index (χ2n) is 4.06. The van der Waals surface area contributed by atoms with Crippen molar-refractivity contribution in [3.8, 4) is 0 Å². The number of ether oxygens (including phenoxy) is 1. The van der Waals surface area contributed by atoms with Crippen molar-refractivity contribution in [2.75, 3.05) is 26.7 Å². The molecule has 1 heterocycles. The molecule has 7 heteroatoms. The average molecular weight is 264 g/mol. The third-order valence-corrected chi connectivity index (χ3v) is 5.36. The quantitative estimate of drug-likeness (QED) is 0.681. The molecule has 1 saturated heterocycles. The minimum absolute atomic E-state index is 0.0582. The molecule has 0 aliphatic carbocycles. The molecule has 0 radical (unpaired) electrons. The van der Waals surface area contributed by atoms with E-state index in [0.29, 0.717) is 13.1 Å². The maximum Gasteiger partial charge on any atom is 0.325 e. The molecule has 2 unspecified atom stereocenters. The third kappa shape index (κ3) is 2.97. The van der Waals surface area contributed by atoms with E-state index < -0.39 is 21.2 Å². The Bertz CT molecular complexity index is 363. The third-order valence-electron chi connectivity index (χ3n) is 3.06. The van der Waals surface area contributed by atoms with Gasteiger partial charge in [0.05, 0.1) is 7.11 Å². The molecule has 0 aromatic heterocycles. The Kier molecular flexibility index (Phi) is 4.91. The smallest absolute Gasteiger partial charge is 0.325 e. The van der Waals surface area contributed by atoms with Crippen molar-refractivity contribution >= 4 is 16.0 Å². The summed E-state index contributed by atoms with van der Waals surface area (Å²) >= 11 is 0. The lowest BCUT2D eigenvalue weighted by molar-refractivity contribution is -0.139. The largest absolute Gasteiger partial charge is 0.468 e. The number of likely N-dealkylation sites (N-methyl/N-ethyl adjacent to an activating group) is 1. The summed E-state index contributed by atoms with van der Waals surface area (Å²) in [5.41, 5.74) is 0. The number of hydrogen-bond donors (Lipinski definition) is 1. The van der Waals surface area contributed by atoms with Crippen molar-refractivity contribution < 1.29 is 17.9 Å². The van der Waals surface area contributed by atoms with E-state index in [1.807, 2.05) is 0 Å². The second-order valence-corrected chi connectivity index (χ2v) is 6.27. The van der Waals surface area contributed by atoms with Gasteiger partial charge < -0.3 is 10.1 Å². The van der Waals surface area contributed by atoms with Gasteiger partial charge in [0.15, 0.2) is 5.25 Å². The zero-order valence-corrected chi connectivity index (χ0v) is 11.3. The molecule has 0 saturated carbocycles. The Balaban J connectivity index is 2.89. The second kappa shape index (κ2) is 5.79. The van der Waals surface area contributed by atoms with Crippen LogP contribution in [0.2, 0.25) is 0 Å². The number of sulfonamides is 1. The van der Waals surface area contributed by atoms with Crippen molar-refractivity contribution in [1.82, 2.24) is 9.62 Å². The van der Waals surface area contributed by atoms with Gasteiger partial charge in [-0.1, -0.05) is 6.92 Å². The Morgan fingerprint density at radius 3 is 2.65 bits per heavy atom. The van der Waals surface area contributed by atoms with Crippen molar-refractivity contribution in [3.05, 3.63) is 0 Å². The lowest BCUT2D eigenvalue weighted by atomic mass is 10.3. The van der Waals surface area contributed by atoms with Crippen LogP contribution in [-0.2, 0) is 19.6 Å². The summed E-state index contributed by atoms with van der Waals surface area (Å²) in [5.74, 6) is -0.714. The maximum absolute atomic E-state index is 12.2. The van der Waals surface area contributed by atoms with Crippen molar-refractivity contribution in [1.29, 1.82) is 0 Å². The molecular formula is C10H20N2O4S. The van der Waals surface area contributed by atoms with Gasteiger partial charge in [-0.3, -0.25) is 4.79 Å². The number of nitrogens with one attached hydrogen (secondary N) is 1. The van der Waals surface area contributed by atoms with E-state index in [1.165, 1.54) is 18.3 Å². The minimum Gasteiger partial charge on any atom is -0.468 e. The van der Waals surface area contributed by atoms with Crippen LogP contribution in [0.4, 0.5) is 0 Å². The van der Waals surface area contributed by atoms with Gasteiger partial charge in [-0.05, 0) is 19.9 Å². The summed E-state index contributed by atoms with van der Waals surface area (Å²) in [7, 11) is -2.43. The topological polar surface area (TPSA) is 75.7 Å². The van der Waals surface area contributed by atoms with E-state index in [9.17, 15) is 13.2 Å². The normalized spacial score (nSPS) is 22.7. The predicted octanol–water partition coefficient (Wildman–Crippen LogP) is -0.438. The molecule has 0 aromatic rings. The van der Waals surface area contributed by atoms with Crippen LogP contribution in [0.3, 0.4) is 0 Å². The van der Waals surface area contributed by atoms with Gasteiger partial charge >= 0.3 is 5.97 Å². The monoisotopic (exact) mass is 264 g/mol. The summed E-state index contributed by atoms with van der Waals surface area (Å²) in [5, 5.41) is 1.97. The molecule has 1 N–H and O–H groups in total. The number of carbonyl (C=O) groups is 1. The van der Waals surface area contributed by atoms with Gasteiger partial charge in [-0.15, -0.1) is 0 Å². The van der Waals surface area contributed by atoms with Crippen LogP contribution >= 0.6 is 0 Å². The summed E-state index contributed by atoms with van der Waals surface area (Å²) < 4.78 is 30.4. The van der Waals surface area contributed by atoms with E-state index in [0.717, 1.165) is 13.0 Å². The Morgan fingerprint density at radius 2 is 2.24 bits per heavy atom. The molecule has 0 amide bonds. The highest BCUT2D eigenvalue weighted by Gasteiger charge is 2.38. The molecule has 0 aromatic carbocycles. The standard InChI is InChI=1S/C10H20N2O4S/c1-4-12(9-5-6-11-7-9)17(14,15)8(2)10(13)16-3/h8-9,11H,4-7H2,1-3H3. The van der Waals surface area contributed by atoms with Crippen LogP contribution < -0.4 is 5.32 Å². The Morgan fingerprint density at radius 1 is 1.59 bits per heavy atom. The van der Waals surface area contributed by atoms with Gasteiger partial charge in [-0.2, -0.15) is 4.31 Å². The van der Waals surface area contributed by atoms with Crippen molar-refractivity contribution in [2.24, 2.45) is 0 Å². The van der Waals surface area contributed by atoms with Crippen LogP contribution in [0.25, 0.3) is 0 Å². The van der Waals surface area contributed by atoms with Crippen molar-refractivity contribution in [3.63, 3.8) is 0 Å². The van der Waals surface area contributed by atoms with Crippen LogP contribution in [0.15, 0.2) is 0 Å². The molecule has 100 valence electrons. The average Bonchev–Trinajstić information content (AvgIpc) is 2.81. The SMILES string of the molecule is CCN(C1CCNC1)S(=O)(=O)C(C)C(=O)OC. The van der Waals surface area contributed by atoms with Gasteiger partial charge in [0, 0.05) is 19.1 Å². The van der Waals surface area contributed by atoms with E-state index in [1.54, 1.807) is 6.92 Å². The van der Waals surface area contributed by atoms with Gasteiger partial charge in [0.1, 0.15) is 0 Å². The highest BCUT2D eigenvalue weighted by molar-refractivity contribution is 7.90. The Labute approximate surface area is 102 Å². The lowest BCUT2D eigenvalue weighted by Gasteiger charge is -2.28. The number of methoxy groups -OCH3 is 1. The fourth-order valence-corrected chi connectivity index (χ4v) is 3.72. The first-order valence-corrected chi connectivity index (χ1v) is 7.24. The first-order valence-electron chi connectivity index (χ1n) is 5.74. The number of nitrogens with zero attached hydrogens (tertiary/aromatic N) is 1. The molecule has 1 rings (SSSR count). The molecule has 1 aliphatic rings. The summed E-state index contributed by atoms with van der Waals surface area (Å²) in [4.78, 5) is 11.4. The molecule has 2 atom stereocenters. The first kappa shape index (κ1) is 14.4. The van der Waals surface area contributed by atoms with Gasteiger partial charge in [0.2, 0.25) is 10.0 Å². The fourth-order valence-electron chi connectivity index (χ4n) is 2.02. The first-order chi connectivity index (χ1) is 7.95. The minimum atomic E-state index is -3.63. The predicted molar refractivity (Wildman–Crippen MR) is 64.1 cm³/mol. The number of hydrogen-bond acceptors (Lipinski definition) is 5. The van der Waals surface area contributed by atoms with Gasteiger partial charge in [-0.25, -0.2) is 8.42 Å². The fraction of sp³-hybridized carbons (Fsp3) is 0.900. The highest BCUT2D eigenvalue weighted by Crippen LogP contribution is 2.17. The molecule has 6 nitrogen and oxygen atoms in total. The zero-order chi connectivity index (χ0) is 13.1. The van der Waals surface area contributed by atoms with Crippen molar-refractivity contribution in [2.45, 2.75) is 31.6 Å². The molecular weight excluding hydrogens is 244 g/mol.